The van der Waals surface area contributed by atoms with Gasteiger partial charge in [0.15, 0.2) is 0 Å². The Bertz CT molecular complexity index is 383. The highest BCUT2D eigenvalue weighted by molar-refractivity contribution is 6.18. The molecule has 17 heavy (non-hydrogen) atoms. The molecule has 92 valence electrons. The van der Waals surface area contributed by atoms with E-state index in [1.807, 2.05) is 24.0 Å². The smallest absolute Gasteiger partial charge is 0.255 e. The fourth-order valence-electron chi connectivity index (χ4n) is 2.07. The number of carbonyl (C=O) groups is 1. The first-order valence-electron chi connectivity index (χ1n) is 5.98. The van der Waals surface area contributed by atoms with Gasteiger partial charge in [-0.2, -0.15) is 0 Å². The van der Waals surface area contributed by atoms with Crippen molar-refractivity contribution >= 4 is 17.5 Å². The van der Waals surface area contributed by atoms with Crippen LogP contribution < -0.4 is 0 Å². The molecule has 0 N–H and O–H groups in total. The number of hydrogen-bond acceptors (Lipinski definition) is 2. The first-order chi connectivity index (χ1) is 8.20. The summed E-state index contributed by atoms with van der Waals surface area (Å²) in [5, 5.41) is 0. The normalized spacial score (nSPS) is 17.2. The van der Waals surface area contributed by atoms with Crippen molar-refractivity contribution in [1.82, 2.24) is 9.88 Å². The van der Waals surface area contributed by atoms with Crippen LogP contribution in [0.25, 0.3) is 0 Å². The van der Waals surface area contributed by atoms with Gasteiger partial charge in [-0.3, -0.25) is 9.78 Å². The Morgan fingerprint density at radius 3 is 2.71 bits per heavy atom. The quantitative estimate of drug-likeness (QED) is 0.758. The Hall–Kier alpha value is -1.09. The van der Waals surface area contributed by atoms with Gasteiger partial charge in [-0.05, 0) is 37.8 Å². The standard InChI is InChI=1S/C13H17ClN2O/c1-10-2-3-12(9-15-10)13(17)16-6-4-11(8-14)5-7-16/h2-3,9,11H,4-8H2,1H3. The molecule has 1 aromatic heterocycles. The number of hydrogen-bond donors (Lipinski definition) is 0. The molecule has 1 saturated heterocycles. The van der Waals surface area contributed by atoms with Gasteiger partial charge >= 0.3 is 0 Å². The summed E-state index contributed by atoms with van der Waals surface area (Å²) in [6, 6.07) is 3.72. The van der Waals surface area contributed by atoms with Crippen molar-refractivity contribution in [3.05, 3.63) is 29.6 Å². The third kappa shape index (κ3) is 2.97. The zero-order valence-corrected chi connectivity index (χ0v) is 10.8. The van der Waals surface area contributed by atoms with Crippen LogP contribution >= 0.6 is 11.6 Å². The number of aromatic nitrogens is 1. The van der Waals surface area contributed by atoms with E-state index in [1.165, 1.54) is 0 Å². The fraction of sp³-hybridized carbons (Fsp3) is 0.538. The molecule has 1 amide bonds. The molecule has 0 aliphatic carbocycles. The van der Waals surface area contributed by atoms with Crippen molar-refractivity contribution < 1.29 is 4.79 Å². The average molecular weight is 253 g/mol. The minimum atomic E-state index is 0.0884. The Morgan fingerprint density at radius 2 is 2.18 bits per heavy atom. The number of likely N-dealkylation sites (tertiary alicyclic amines) is 1. The van der Waals surface area contributed by atoms with E-state index in [-0.39, 0.29) is 5.91 Å². The SMILES string of the molecule is Cc1ccc(C(=O)N2CCC(CCl)CC2)cn1. The van der Waals surface area contributed by atoms with E-state index in [1.54, 1.807) is 6.20 Å². The summed E-state index contributed by atoms with van der Waals surface area (Å²) < 4.78 is 0. The van der Waals surface area contributed by atoms with Gasteiger partial charge in [0, 0.05) is 30.9 Å². The van der Waals surface area contributed by atoms with Crippen LogP contribution in [0.2, 0.25) is 0 Å². The van der Waals surface area contributed by atoms with Gasteiger partial charge in [0.2, 0.25) is 0 Å². The number of nitrogens with zero attached hydrogens (tertiary/aromatic N) is 2. The molecule has 0 aromatic carbocycles. The minimum absolute atomic E-state index is 0.0884. The summed E-state index contributed by atoms with van der Waals surface area (Å²) in [6.45, 7) is 3.54. The van der Waals surface area contributed by atoms with Gasteiger partial charge in [0.1, 0.15) is 0 Å². The highest BCUT2D eigenvalue weighted by Crippen LogP contribution is 2.19. The summed E-state index contributed by atoms with van der Waals surface area (Å²) in [7, 11) is 0. The van der Waals surface area contributed by atoms with Crippen LogP contribution in [0.5, 0.6) is 0 Å². The van der Waals surface area contributed by atoms with Crippen molar-refractivity contribution in [2.75, 3.05) is 19.0 Å². The largest absolute Gasteiger partial charge is 0.339 e. The second-order valence-corrected chi connectivity index (χ2v) is 4.89. The van der Waals surface area contributed by atoms with Crippen LogP contribution in [-0.4, -0.2) is 34.8 Å². The summed E-state index contributed by atoms with van der Waals surface area (Å²) in [5.74, 6) is 1.36. The summed E-state index contributed by atoms with van der Waals surface area (Å²) in [5.41, 5.74) is 1.61. The number of alkyl halides is 1. The lowest BCUT2D eigenvalue weighted by molar-refractivity contribution is 0.0698. The van der Waals surface area contributed by atoms with E-state index in [4.69, 9.17) is 11.6 Å². The number of halogens is 1. The minimum Gasteiger partial charge on any atom is -0.339 e. The zero-order chi connectivity index (χ0) is 12.3. The van der Waals surface area contributed by atoms with Crippen LogP contribution in [-0.2, 0) is 0 Å². The van der Waals surface area contributed by atoms with Crippen LogP contribution in [0, 0.1) is 12.8 Å². The predicted octanol–water partition coefficient (Wildman–Crippen LogP) is 2.48. The van der Waals surface area contributed by atoms with Gasteiger partial charge in [0.25, 0.3) is 5.91 Å². The van der Waals surface area contributed by atoms with Crippen LogP contribution in [0.4, 0.5) is 0 Å². The van der Waals surface area contributed by atoms with Crippen molar-refractivity contribution in [3.63, 3.8) is 0 Å². The average Bonchev–Trinajstić information content (AvgIpc) is 2.39. The molecule has 0 spiro atoms. The van der Waals surface area contributed by atoms with Gasteiger partial charge in [-0.15, -0.1) is 11.6 Å². The summed E-state index contributed by atoms with van der Waals surface area (Å²) >= 11 is 5.83. The Balaban J connectivity index is 1.99. The number of piperidine rings is 1. The van der Waals surface area contributed by atoms with Crippen LogP contribution in [0.3, 0.4) is 0 Å². The number of rotatable bonds is 2. The van der Waals surface area contributed by atoms with Crippen LogP contribution in [0.15, 0.2) is 18.3 Å². The molecule has 1 aromatic rings. The van der Waals surface area contributed by atoms with E-state index < -0.39 is 0 Å². The van der Waals surface area contributed by atoms with Crippen molar-refractivity contribution in [2.45, 2.75) is 19.8 Å². The highest BCUT2D eigenvalue weighted by Gasteiger charge is 2.23. The van der Waals surface area contributed by atoms with Gasteiger partial charge < -0.3 is 4.90 Å². The lowest BCUT2D eigenvalue weighted by Crippen LogP contribution is -2.38. The second kappa shape index (κ2) is 5.50. The molecule has 1 aliphatic rings. The maximum atomic E-state index is 12.2. The molecule has 2 rings (SSSR count). The lowest BCUT2D eigenvalue weighted by Gasteiger charge is -2.31. The van der Waals surface area contributed by atoms with Crippen molar-refractivity contribution in [2.24, 2.45) is 5.92 Å². The number of carbonyl (C=O) groups excluding carboxylic acids is 1. The first kappa shape index (κ1) is 12.4. The van der Waals surface area contributed by atoms with Gasteiger partial charge in [-0.1, -0.05) is 0 Å². The molecule has 0 atom stereocenters. The Kier molecular flexibility index (Phi) is 4.00. The molecule has 2 heterocycles. The maximum Gasteiger partial charge on any atom is 0.255 e. The molecular formula is C13H17ClN2O. The molecule has 0 radical (unpaired) electrons. The van der Waals surface area contributed by atoms with E-state index >= 15 is 0 Å². The molecule has 4 heteroatoms. The fourth-order valence-corrected chi connectivity index (χ4v) is 2.38. The molecule has 0 unspecified atom stereocenters. The molecule has 1 fully saturated rings. The second-order valence-electron chi connectivity index (χ2n) is 4.58. The monoisotopic (exact) mass is 252 g/mol. The Morgan fingerprint density at radius 1 is 1.47 bits per heavy atom. The molecular weight excluding hydrogens is 236 g/mol. The first-order valence-corrected chi connectivity index (χ1v) is 6.52. The van der Waals surface area contributed by atoms with E-state index in [0.29, 0.717) is 17.4 Å². The zero-order valence-electron chi connectivity index (χ0n) is 10.0. The number of amides is 1. The topological polar surface area (TPSA) is 33.2 Å². The molecule has 3 nitrogen and oxygen atoms in total. The van der Waals surface area contributed by atoms with Crippen molar-refractivity contribution in [3.8, 4) is 0 Å². The Labute approximate surface area is 107 Å². The molecule has 0 bridgehead atoms. The van der Waals surface area contributed by atoms with Gasteiger partial charge in [0.05, 0.1) is 5.56 Å². The number of pyridine rings is 1. The third-order valence-corrected chi connectivity index (χ3v) is 3.71. The van der Waals surface area contributed by atoms with E-state index in [0.717, 1.165) is 31.6 Å². The predicted molar refractivity (Wildman–Crippen MR) is 68.3 cm³/mol. The highest BCUT2D eigenvalue weighted by atomic mass is 35.5. The lowest BCUT2D eigenvalue weighted by atomic mass is 9.98. The van der Waals surface area contributed by atoms with Crippen LogP contribution in [0.1, 0.15) is 28.9 Å². The van der Waals surface area contributed by atoms with E-state index in [2.05, 4.69) is 4.98 Å². The number of aryl methyl sites for hydroxylation is 1. The van der Waals surface area contributed by atoms with Crippen molar-refractivity contribution in [1.29, 1.82) is 0 Å². The molecule has 1 aliphatic heterocycles. The van der Waals surface area contributed by atoms with E-state index in [9.17, 15) is 4.79 Å². The summed E-state index contributed by atoms with van der Waals surface area (Å²) in [4.78, 5) is 18.2. The van der Waals surface area contributed by atoms with Gasteiger partial charge in [-0.25, -0.2) is 0 Å². The third-order valence-electron chi connectivity index (χ3n) is 3.28. The summed E-state index contributed by atoms with van der Waals surface area (Å²) in [6.07, 6.45) is 3.67. The molecule has 0 saturated carbocycles. The maximum absolute atomic E-state index is 12.2.